The number of aryl methyl sites for hydroxylation is 1. The van der Waals surface area contributed by atoms with E-state index in [1.807, 2.05) is 0 Å². The van der Waals surface area contributed by atoms with E-state index in [0.717, 1.165) is 17.2 Å². The van der Waals surface area contributed by atoms with Crippen LogP contribution in [0.15, 0.2) is 77.1 Å². The van der Waals surface area contributed by atoms with Gasteiger partial charge in [-0.3, -0.25) is 9.79 Å². The molecule has 13 heteroatoms. The Bertz CT molecular complexity index is 1630. The highest BCUT2D eigenvalue weighted by Gasteiger charge is 2.50. The van der Waals surface area contributed by atoms with Crippen LogP contribution < -0.4 is 19.7 Å². The molecule has 5 rings (SSSR count). The van der Waals surface area contributed by atoms with Crippen molar-refractivity contribution in [3.8, 4) is 11.5 Å². The number of aliphatic imine (C=N–C) groups is 1. The first kappa shape index (κ1) is 31.0. The lowest BCUT2D eigenvalue weighted by Gasteiger charge is -2.31. The average molecular weight is 633 g/mol. The Labute approximate surface area is 254 Å². The molecule has 2 heterocycles. The third-order valence-electron chi connectivity index (χ3n) is 7.22. The van der Waals surface area contributed by atoms with Crippen LogP contribution in [-0.2, 0) is 24.1 Å². The number of nitrogens with zero attached hydrogens (tertiary/aromatic N) is 3. The maximum Gasteiger partial charge on any atom is 0.418 e. The number of aromatic nitrogens is 1. The van der Waals surface area contributed by atoms with Gasteiger partial charge in [-0.05, 0) is 60.0 Å². The summed E-state index contributed by atoms with van der Waals surface area (Å²) >= 11 is 5.98. The van der Waals surface area contributed by atoms with E-state index in [1.54, 1.807) is 53.4 Å². The minimum atomic E-state index is -5.01. The fourth-order valence-corrected chi connectivity index (χ4v) is 5.26. The van der Waals surface area contributed by atoms with Gasteiger partial charge in [0, 0.05) is 18.7 Å². The molecule has 0 fully saturated rings. The largest absolute Gasteiger partial charge is 0.497 e. The van der Waals surface area contributed by atoms with Gasteiger partial charge in [0.25, 0.3) is 11.0 Å². The number of alkyl halides is 5. The van der Waals surface area contributed by atoms with Crippen LogP contribution in [-0.4, -0.2) is 42.6 Å². The molecule has 2 aliphatic rings. The van der Waals surface area contributed by atoms with Crippen molar-refractivity contribution in [1.82, 2.24) is 10.3 Å². The topological polar surface area (TPSA) is 76.1 Å². The van der Waals surface area contributed by atoms with Gasteiger partial charge in [0.15, 0.2) is 5.83 Å². The molecule has 1 aromatic heterocycles. The molecule has 1 atom stereocenters. The van der Waals surface area contributed by atoms with Gasteiger partial charge < -0.3 is 19.7 Å². The highest BCUT2D eigenvalue weighted by Crippen LogP contribution is 2.49. The lowest BCUT2D eigenvalue weighted by Crippen LogP contribution is -2.39. The van der Waals surface area contributed by atoms with Crippen molar-refractivity contribution in [2.45, 2.75) is 31.3 Å². The number of amides is 1. The van der Waals surface area contributed by atoms with Crippen LogP contribution in [0.3, 0.4) is 0 Å². The number of rotatable bonds is 8. The van der Waals surface area contributed by atoms with Crippen LogP contribution >= 0.6 is 11.6 Å². The molecular weight excluding hydrogens is 607 g/mol. The van der Waals surface area contributed by atoms with E-state index in [1.165, 1.54) is 27.2 Å². The summed E-state index contributed by atoms with van der Waals surface area (Å²) in [4.78, 5) is 22.2. The van der Waals surface area contributed by atoms with Crippen molar-refractivity contribution < 1.29 is 36.2 Å². The molecule has 2 aromatic carbocycles. The molecule has 44 heavy (non-hydrogen) atoms. The summed E-state index contributed by atoms with van der Waals surface area (Å²) in [6.07, 6.45) is -4.16. The minimum Gasteiger partial charge on any atom is -0.497 e. The third kappa shape index (κ3) is 5.99. The Morgan fingerprint density at radius 1 is 1.00 bits per heavy atom. The van der Waals surface area contributed by atoms with Crippen molar-refractivity contribution in [3.63, 3.8) is 0 Å². The summed E-state index contributed by atoms with van der Waals surface area (Å²) in [5.74, 6) is -1.48. The van der Waals surface area contributed by atoms with E-state index in [9.17, 15) is 18.0 Å². The first-order valence-electron chi connectivity index (χ1n) is 13.3. The van der Waals surface area contributed by atoms with Crippen molar-refractivity contribution >= 4 is 34.6 Å². The number of nitrogens with one attached hydrogen (secondary N) is 1. The number of methoxy groups -OCH3 is 2. The second-order valence-corrected chi connectivity index (χ2v) is 10.6. The molecule has 0 saturated carbocycles. The zero-order valence-corrected chi connectivity index (χ0v) is 24.5. The van der Waals surface area contributed by atoms with E-state index in [0.29, 0.717) is 11.5 Å². The summed E-state index contributed by atoms with van der Waals surface area (Å²) in [6, 6.07) is 15.4. The molecular formula is C31H26ClF5N4O3. The highest BCUT2D eigenvalue weighted by molar-refractivity contribution is 6.38. The second kappa shape index (κ2) is 11.9. The quantitative estimate of drug-likeness (QED) is 0.221. The predicted octanol–water partition coefficient (Wildman–Crippen LogP) is 6.69. The number of hydrogen-bond acceptors (Lipinski definition) is 6. The first-order chi connectivity index (χ1) is 20.8. The van der Waals surface area contributed by atoms with Crippen LogP contribution in [0.1, 0.15) is 27.9 Å². The van der Waals surface area contributed by atoms with Crippen LogP contribution in [0, 0.1) is 6.92 Å². The van der Waals surface area contributed by atoms with Gasteiger partial charge in [-0.25, -0.2) is 13.8 Å². The van der Waals surface area contributed by atoms with Crippen molar-refractivity contribution in [2.75, 3.05) is 25.8 Å². The molecule has 1 unspecified atom stereocenters. The normalized spacial score (nSPS) is 18.2. The molecule has 0 spiro atoms. The van der Waals surface area contributed by atoms with Crippen molar-refractivity contribution in [1.29, 1.82) is 0 Å². The Kier molecular flexibility index (Phi) is 8.39. The molecule has 3 aromatic rings. The van der Waals surface area contributed by atoms with Gasteiger partial charge in [0.05, 0.1) is 31.2 Å². The van der Waals surface area contributed by atoms with Crippen LogP contribution in [0.4, 0.5) is 27.8 Å². The van der Waals surface area contributed by atoms with E-state index in [2.05, 4.69) is 15.3 Å². The number of halogens is 6. The first-order valence-corrected chi connectivity index (χ1v) is 13.6. The Hall–Kier alpha value is -4.45. The average Bonchev–Trinajstić information content (AvgIpc) is 2.98. The fraction of sp³-hybridized carbons (Fsp3) is 0.258. The molecule has 230 valence electrons. The number of carbonyl (C=O) groups is 1. The van der Waals surface area contributed by atoms with Gasteiger partial charge in [-0.2, -0.15) is 13.2 Å². The molecule has 1 N–H and O–H groups in total. The SMILES string of the molecule is COc1ccc(CN(Cc2ccc(OC)cc2)c2cc(C)c(C(F)(F)F)c(C3=CC4=NCNC(=O)C4=C(F)C3(F)Cl)n2)cc1. The molecule has 0 radical (unpaired) electrons. The molecule has 1 aliphatic heterocycles. The highest BCUT2D eigenvalue weighted by atomic mass is 35.5. The smallest absolute Gasteiger partial charge is 0.418 e. The van der Waals surface area contributed by atoms with Crippen molar-refractivity contribution in [3.05, 3.63) is 100 Å². The molecule has 0 bridgehead atoms. The summed E-state index contributed by atoms with van der Waals surface area (Å²) in [6.45, 7) is 1.29. The number of anilines is 1. The van der Waals surface area contributed by atoms with E-state index < -0.39 is 45.4 Å². The van der Waals surface area contributed by atoms with Crippen LogP contribution in [0.25, 0.3) is 5.57 Å². The minimum absolute atomic E-state index is 0.0454. The number of hydrogen-bond donors (Lipinski definition) is 1. The molecule has 1 amide bonds. The van der Waals surface area contributed by atoms with Gasteiger partial charge in [-0.1, -0.05) is 35.9 Å². The van der Waals surface area contributed by atoms with E-state index >= 15 is 8.78 Å². The summed E-state index contributed by atoms with van der Waals surface area (Å²) in [5, 5.41) is -1.39. The zero-order valence-electron chi connectivity index (χ0n) is 23.7. The second-order valence-electron chi connectivity index (χ2n) is 10.1. The number of allylic oxidation sites excluding steroid dienone is 3. The van der Waals surface area contributed by atoms with Gasteiger partial charge in [-0.15, -0.1) is 0 Å². The summed E-state index contributed by atoms with van der Waals surface area (Å²) < 4.78 is 85.4. The number of fused-ring (bicyclic) bond motifs is 1. The number of pyridine rings is 1. The third-order valence-corrected chi connectivity index (χ3v) is 7.59. The fourth-order valence-electron chi connectivity index (χ4n) is 5.02. The maximum atomic E-state index is 16.0. The van der Waals surface area contributed by atoms with Gasteiger partial charge in [0.1, 0.15) is 29.6 Å². The monoisotopic (exact) mass is 632 g/mol. The van der Waals surface area contributed by atoms with Crippen LogP contribution in [0.5, 0.6) is 11.5 Å². The Morgan fingerprint density at radius 3 is 2.05 bits per heavy atom. The Balaban J connectivity index is 1.67. The zero-order chi connectivity index (χ0) is 31.8. The van der Waals surface area contributed by atoms with Gasteiger partial charge >= 0.3 is 6.18 Å². The summed E-state index contributed by atoms with van der Waals surface area (Å²) in [5.41, 5.74) is -2.98. The number of carbonyl (C=O) groups excluding carboxylic acids is 1. The maximum absolute atomic E-state index is 16.0. The predicted molar refractivity (Wildman–Crippen MR) is 156 cm³/mol. The van der Waals surface area contributed by atoms with Gasteiger partial charge in [0.2, 0.25) is 0 Å². The molecule has 0 saturated heterocycles. The Morgan fingerprint density at radius 2 is 1.55 bits per heavy atom. The lowest BCUT2D eigenvalue weighted by atomic mass is 9.88. The van der Waals surface area contributed by atoms with Crippen LogP contribution in [0.2, 0.25) is 0 Å². The van der Waals surface area contributed by atoms with Crippen molar-refractivity contribution in [2.24, 2.45) is 4.99 Å². The lowest BCUT2D eigenvalue weighted by molar-refractivity contribution is -0.138. The molecule has 1 aliphatic carbocycles. The van der Waals surface area contributed by atoms with E-state index in [4.69, 9.17) is 21.1 Å². The molecule has 7 nitrogen and oxygen atoms in total. The number of ether oxygens (including phenoxy) is 2. The standard InChI is InChI=1S/C31H26ClF5N4O3/c1-17-12-24(41(14-18-4-8-20(43-2)9-5-18)15-19-6-10-21(44-3)11-7-19)40-27(26(17)31(35,36)37)22-13-23-25(28(33)30(22,32)34)29(42)39-16-38-23/h4-13H,14-16H2,1-3H3,(H,39,42). The summed E-state index contributed by atoms with van der Waals surface area (Å²) in [7, 11) is 3.05. The van der Waals surface area contributed by atoms with E-state index in [-0.39, 0.29) is 36.9 Å². The number of benzene rings is 2.